The molecule has 0 N–H and O–H groups in total. The number of hydrogen-bond donors (Lipinski definition) is 0. The fraction of sp³-hybridized carbons (Fsp3) is 0.611. The summed E-state index contributed by atoms with van der Waals surface area (Å²) in [7, 11) is 0. The van der Waals surface area contributed by atoms with Crippen molar-refractivity contribution in [1.29, 1.82) is 0 Å². The van der Waals surface area contributed by atoms with Crippen molar-refractivity contribution in [3.05, 3.63) is 24.3 Å². The van der Waals surface area contributed by atoms with Crippen molar-refractivity contribution in [2.24, 2.45) is 5.41 Å². The van der Waals surface area contributed by atoms with Gasteiger partial charge in [0.25, 0.3) is 0 Å². The average molecular weight is 292 g/mol. The molecule has 0 saturated carbocycles. The molecule has 0 unspecified atom stereocenters. The third-order valence-corrected chi connectivity index (χ3v) is 3.74. The lowest BCUT2D eigenvalue weighted by atomic mass is 9.91. The van der Waals surface area contributed by atoms with Crippen LogP contribution in [0.1, 0.15) is 59.8 Å². The summed E-state index contributed by atoms with van der Waals surface area (Å²) in [5, 5.41) is 0. The molecule has 1 aromatic carbocycles. The lowest BCUT2D eigenvalue weighted by Gasteiger charge is -2.20. The quantitative estimate of drug-likeness (QED) is 0.365. The fourth-order valence-electron chi connectivity index (χ4n) is 1.71. The van der Waals surface area contributed by atoms with Crippen LogP contribution in [0.2, 0.25) is 0 Å². The minimum Gasteiger partial charge on any atom is -0.494 e. The predicted octanol–water partition coefficient (Wildman–Crippen LogP) is 4.99. The van der Waals surface area contributed by atoms with E-state index in [0.29, 0.717) is 5.75 Å². The van der Waals surface area contributed by atoms with Crippen molar-refractivity contribution in [3.8, 4) is 11.5 Å². The second kappa shape index (κ2) is 8.71. The molecule has 3 nitrogen and oxygen atoms in total. The molecule has 0 aliphatic heterocycles. The zero-order valence-electron chi connectivity index (χ0n) is 13.8. The summed E-state index contributed by atoms with van der Waals surface area (Å²) in [5.74, 6) is 1.19. The maximum atomic E-state index is 12.0. The standard InChI is InChI=1S/C18H28O3/c1-5-7-8-9-14-20-15-10-12-16(13-11-15)21-17(19)18(3,4)6-2/h10-13H,5-9,14H2,1-4H3. The number of hydrogen-bond acceptors (Lipinski definition) is 3. The lowest BCUT2D eigenvalue weighted by Crippen LogP contribution is -2.28. The zero-order chi connectivity index (χ0) is 15.7. The molecule has 0 aromatic heterocycles. The van der Waals surface area contributed by atoms with Crippen LogP contribution in [0.25, 0.3) is 0 Å². The van der Waals surface area contributed by atoms with Gasteiger partial charge >= 0.3 is 5.97 Å². The Morgan fingerprint density at radius 2 is 1.62 bits per heavy atom. The maximum absolute atomic E-state index is 12.0. The van der Waals surface area contributed by atoms with E-state index in [-0.39, 0.29) is 5.97 Å². The Kier molecular flexibility index (Phi) is 7.27. The van der Waals surface area contributed by atoms with Crippen LogP contribution in [-0.2, 0) is 4.79 Å². The second-order valence-electron chi connectivity index (χ2n) is 6.01. The molecule has 0 radical (unpaired) electrons. The minimum absolute atomic E-state index is 0.196. The van der Waals surface area contributed by atoms with Gasteiger partial charge in [0.2, 0.25) is 0 Å². The van der Waals surface area contributed by atoms with E-state index >= 15 is 0 Å². The molecule has 0 bridgehead atoms. The summed E-state index contributed by atoms with van der Waals surface area (Å²) in [4.78, 5) is 12.0. The Labute approximate surface area is 128 Å². The fourth-order valence-corrected chi connectivity index (χ4v) is 1.71. The molecule has 21 heavy (non-hydrogen) atoms. The molecule has 0 atom stereocenters. The van der Waals surface area contributed by atoms with E-state index in [4.69, 9.17) is 9.47 Å². The summed E-state index contributed by atoms with van der Waals surface area (Å²) in [5.41, 5.74) is -0.450. The number of ether oxygens (including phenoxy) is 2. The van der Waals surface area contributed by atoms with Gasteiger partial charge in [0.1, 0.15) is 11.5 Å². The highest BCUT2D eigenvalue weighted by Crippen LogP contribution is 2.24. The lowest BCUT2D eigenvalue weighted by molar-refractivity contribution is -0.144. The molecular weight excluding hydrogens is 264 g/mol. The van der Waals surface area contributed by atoms with Crippen molar-refractivity contribution in [3.63, 3.8) is 0 Å². The van der Waals surface area contributed by atoms with Crippen molar-refractivity contribution >= 4 is 5.97 Å². The number of esters is 1. The van der Waals surface area contributed by atoms with Crippen LogP contribution in [0.15, 0.2) is 24.3 Å². The highest BCUT2D eigenvalue weighted by molar-refractivity contribution is 5.78. The molecule has 0 aliphatic rings. The molecule has 0 amide bonds. The van der Waals surface area contributed by atoms with Crippen molar-refractivity contribution in [2.75, 3.05) is 6.61 Å². The number of benzene rings is 1. The van der Waals surface area contributed by atoms with Gasteiger partial charge in [0.15, 0.2) is 0 Å². The second-order valence-corrected chi connectivity index (χ2v) is 6.01. The molecule has 3 heteroatoms. The molecular formula is C18H28O3. The molecule has 0 aliphatic carbocycles. The molecule has 1 rings (SSSR count). The van der Waals surface area contributed by atoms with Gasteiger partial charge in [0.05, 0.1) is 12.0 Å². The van der Waals surface area contributed by atoms with Crippen LogP contribution < -0.4 is 9.47 Å². The van der Waals surface area contributed by atoms with Gasteiger partial charge < -0.3 is 9.47 Å². The first-order valence-electron chi connectivity index (χ1n) is 7.94. The van der Waals surface area contributed by atoms with Gasteiger partial charge in [-0.15, -0.1) is 0 Å². The van der Waals surface area contributed by atoms with Crippen LogP contribution >= 0.6 is 0 Å². The van der Waals surface area contributed by atoms with E-state index < -0.39 is 5.41 Å². The van der Waals surface area contributed by atoms with Gasteiger partial charge in [0, 0.05) is 0 Å². The molecule has 118 valence electrons. The molecule has 0 saturated heterocycles. The summed E-state index contributed by atoms with van der Waals surface area (Å²) < 4.78 is 11.0. The first kappa shape index (κ1) is 17.5. The zero-order valence-corrected chi connectivity index (χ0v) is 13.8. The van der Waals surface area contributed by atoms with E-state index in [9.17, 15) is 4.79 Å². The first-order valence-corrected chi connectivity index (χ1v) is 7.94. The van der Waals surface area contributed by atoms with Crippen LogP contribution in [0.4, 0.5) is 0 Å². The molecule has 1 aromatic rings. The van der Waals surface area contributed by atoms with Crippen LogP contribution in [0.5, 0.6) is 11.5 Å². The summed E-state index contributed by atoms with van der Waals surface area (Å²) >= 11 is 0. The van der Waals surface area contributed by atoms with E-state index in [1.165, 1.54) is 19.3 Å². The highest BCUT2D eigenvalue weighted by Gasteiger charge is 2.27. The third-order valence-electron chi connectivity index (χ3n) is 3.74. The van der Waals surface area contributed by atoms with E-state index in [2.05, 4.69) is 6.92 Å². The Morgan fingerprint density at radius 3 is 2.19 bits per heavy atom. The van der Waals surface area contributed by atoms with E-state index in [0.717, 1.165) is 25.2 Å². The monoisotopic (exact) mass is 292 g/mol. The molecule has 0 fully saturated rings. The smallest absolute Gasteiger partial charge is 0.316 e. The SMILES string of the molecule is CCCCCCOc1ccc(OC(=O)C(C)(C)CC)cc1. The van der Waals surface area contributed by atoms with E-state index in [1.54, 1.807) is 12.1 Å². The Balaban J connectivity index is 2.42. The normalized spacial score (nSPS) is 11.2. The van der Waals surface area contributed by atoms with Crippen molar-refractivity contribution in [1.82, 2.24) is 0 Å². The summed E-state index contributed by atoms with van der Waals surface area (Å²) in [6.45, 7) is 8.70. The van der Waals surface area contributed by atoms with Gasteiger partial charge in [-0.25, -0.2) is 0 Å². The van der Waals surface area contributed by atoms with Crippen LogP contribution in [-0.4, -0.2) is 12.6 Å². The topological polar surface area (TPSA) is 35.5 Å². The number of carbonyl (C=O) groups is 1. The predicted molar refractivity (Wildman–Crippen MR) is 85.8 cm³/mol. The van der Waals surface area contributed by atoms with Gasteiger partial charge in [-0.05, 0) is 51.0 Å². The number of unbranched alkanes of at least 4 members (excludes halogenated alkanes) is 3. The number of rotatable bonds is 9. The summed E-state index contributed by atoms with van der Waals surface area (Å²) in [6, 6.07) is 7.26. The average Bonchev–Trinajstić information content (AvgIpc) is 2.48. The Morgan fingerprint density at radius 1 is 1.00 bits per heavy atom. The van der Waals surface area contributed by atoms with Crippen molar-refractivity contribution < 1.29 is 14.3 Å². The Hall–Kier alpha value is -1.51. The third kappa shape index (κ3) is 6.19. The van der Waals surface area contributed by atoms with E-state index in [1.807, 2.05) is 32.9 Å². The van der Waals surface area contributed by atoms with Crippen LogP contribution in [0.3, 0.4) is 0 Å². The Bertz CT molecular complexity index is 421. The van der Waals surface area contributed by atoms with Crippen LogP contribution in [0, 0.1) is 5.41 Å². The highest BCUT2D eigenvalue weighted by atomic mass is 16.5. The first-order chi connectivity index (χ1) is 9.99. The van der Waals surface area contributed by atoms with Gasteiger partial charge in [-0.3, -0.25) is 4.79 Å². The largest absolute Gasteiger partial charge is 0.494 e. The maximum Gasteiger partial charge on any atom is 0.316 e. The molecule has 0 heterocycles. The summed E-state index contributed by atoms with van der Waals surface area (Å²) in [6.07, 6.45) is 5.53. The van der Waals surface area contributed by atoms with Gasteiger partial charge in [-0.2, -0.15) is 0 Å². The van der Waals surface area contributed by atoms with Gasteiger partial charge in [-0.1, -0.05) is 33.1 Å². The molecule has 0 spiro atoms. The minimum atomic E-state index is -0.450. The number of carbonyl (C=O) groups excluding carboxylic acids is 1. The van der Waals surface area contributed by atoms with Crippen molar-refractivity contribution in [2.45, 2.75) is 59.8 Å².